The van der Waals surface area contributed by atoms with Crippen LogP contribution in [0.4, 0.5) is 0 Å². The Morgan fingerprint density at radius 3 is 2.44 bits per heavy atom. The highest BCUT2D eigenvalue weighted by Gasteiger charge is 2.32. The molecule has 0 aromatic heterocycles. The second kappa shape index (κ2) is 10.6. The van der Waals surface area contributed by atoms with E-state index >= 15 is 0 Å². The average molecular weight is 498 g/mol. The average Bonchev–Trinajstić information content (AvgIpc) is 2.75. The molecule has 1 aliphatic carbocycles. The van der Waals surface area contributed by atoms with Gasteiger partial charge >= 0.3 is 5.97 Å². The Kier molecular flexibility index (Phi) is 7.88. The van der Waals surface area contributed by atoms with Crippen LogP contribution < -0.4 is 4.74 Å². The van der Waals surface area contributed by atoms with E-state index in [9.17, 15) is 9.90 Å². The largest absolute Gasteiger partial charge is 0.488 e. The number of hydrogen-bond acceptors (Lipinski definition) is 4. The van der Waals surface area contributed by atoms with Gasteiger partial charge in [0.05, 0.1) is 17.5 Å². The number of benzene rings is 2. The molecule has 4 nitrogen and oxygen atoms in total. The molecular weight excluding hydrogens is 471 g/mol. The number of carbonyl (C=O) groups is 1. The van der Waals surface area contributed by atoms with Crippen molar-refractivity contribution < 1.29 is 19.4 Å². The smallest absolute Gasteiger partial charge is 0.308 e. The summed E-state index contributed by atoms with van der Waals surface area (Å²) < 4.78 is 11.5. The van der Waals surface area contributed by atoms with E-state index in [4.69, 9.17) is 44.3 Å². The fourth-order valence-electron chi connectivity index (χ4n) is 4.95. The van der Waals surface area contributed by atoms with Crippen LogP contribution in [-0.4, -0.2) is 29.9 Å². The van der Waals surface area contributed by atoms with Gasteiger partial charge < -0.3 is 14.6 Å². The molecule has 4 rings (SSSR count). The predicted octanol–water partition coefficient (Wildman–Crippen LogP) is 6.80. The molecule has 2 fully saturated rings. The number of hydrogen-bond donors (Lipinski definition) is 1. The first kappa shape index (κ1) is 23.7. The fourth-order valence-corrected chi connectivity index (χ4v) is 5.64. The molecule has 2 aliphatic rings. The third-order valence-electron chi connectivity index (χ3n) is 6.37. The SMILES string of the molecule is O=C1CC(O)CC(COc2c(Cl)cc(Cl)cc2[C@H](c2ccc(Cl)cc2)C2CCCCC2)O1. The van der Waals surface area contributed by atoms with Gasteiger partial charge in [0.2, 0.25) is 0 Å². The third kappa shape index (κ3) is 5.72. The second-order valence-electron chi connectivity index (χ2n) is 8.75. The maximum Gasteiger partial charge on any atom is 0.308 e. The van der Waals surface area contributed by atoms with Crippen molar-refractivity contribution in [3.05, 3.63) is 62.6 Å². The Hall–Kier alpha value is -1.46. The molecule has 1 saturated heterocycles. The molecule has 2 unspecified atom stereocenters. The zero-order valence-corrected chi connectivity index (χ0v) is 20.0. The Morgan fingerprint density at radius 1 is 1.03 bits per heavy atom. The number of cyclic esters (lactones) is 1. The Balaban J connectivity index is 1.68. The summed E-state index contributed by atoms with van der Waals surface area (Å²) in [6, 6.07) is 11.5. The molecule has 1 saturated carbocycles. The fraction of sp³-hybridized carbons (Fsp3) is 0.480. The Bertz CT molecular complexity index is 941. The van der Waals surface area contributed by atoms with E-state index in [2.05, 4.69) is 12.1 Å². The maximum atomic E-state index is 11.7. The summed E-state index contributed by atoms with van der Waals surface area (Å²) in [6.45, 7) is 0.120. The van der Waals surface area contributed by atoms with Gasteiger partial charge in [-0.1, -0.05) is 66.2 Å². The summed E-state index contributed by atoms with van der Waals surface area (Å²) in [6.07, 6.45) is 4.98. The van der Waals surface area contributed by atoms with E-state index in [0.717, 1.165) is 24.0 Å². The molecule has 2 aromatic carbocycles. The van der Waals surface area contributed by atoms with E-state index in [0.29, 0.717) is 33.2 Å². The second-order valence-corrected chi connectivity index (χ2v) is 10.0. The lowest BCUT2D eigenvalue weighted by atomic mass is 9.73. The van der Waals surface area contributed by atoms with Crippen molar-refractivity contribution in [2.45, 2.75) is 63.1 Å². The summed E-state index contributed by atoms with van der Waals surface area (Å²) >= 11 is 19.2. The number of rotatable bonds is 6. The van der Waals surface area contributed by atoms with Crippen LogP contribution >= 0.6 is 34.8 Å². The van der Waals surface area contributed by atoms with Crippen molar-refractivity contribution in [2.24, 2.45) is 5.92 Å². The van der Waals surface area contributed by atoms with E-state index in [-0.39, 0.29) is 18.9 Å². The van der Waals surface area contributed by atoms with E-state index < -0.39 is 18.2 Å². The maximum absolute atomic E-state index is 11.7. The Morgan fingerprint density at radius 2 is 1.75 bits per heavy atom. The molecule has 0 amide bonds. The molecule has 1 N–H and O–H groups in total. The van der Waals surface area contributed by atoms with Crippen LogP contribution in [0.15, 0.2) is 36.4 Å². The topological polar surface area (TPSA) is 55.8 Å². The van der Waals surface area contributed by atoms with Crippen LogP contribution in [-0.2, 0) is 9.53 Å². The monoisotopic (exact) mass is 496 g/mol. The van der Waals surface area contributed by atoms with Crippen LogP contribution in [0.3, 0.4) is 0 Å². The number of aliphatic hydroxyl groups excluding tert-OH is 1. The van der Waals surface area contributed by atoms with Crippen LogP contribution in [0.1, 0.15) is 62.0 Å². The van der Waals surface area contributed by atoms with Crippen LogP contribution in [0.2, 0.25) is 15.1 Å². The molecule has 1 heterocycles. The molecule has 32 heavy (non-hydrogen) atoms. The first-order valence-corrected chi connectivity index (χ1v) is 12.3. The first-order valence-electron chi connectivity index (χ1n) is 11.2. The van der Waals surface area contributed by atoms with Crippen LogP contribution in [0.25, 0.3) is 0 Å². The van der Waals surface area contributed by atoms with Crippen molar-refractivity contribution in [1.82, 2.24) is 0 Å². The molecule has 172 valence electrons. The summed E-state index contributed by atoms with van der Waals surface area (Å²) in [5, 5.41) is 11.6. The van der Waals surface area contributed by atoms with Crippen LogP contribution in [0, 0.1) is 5.92 Å². The van der Waals surface area contributed by atoms with Gasteiger partial charge in [-0.25, -0.2) is 0 Å². The van der Waals surface area contributed by atoms with Gasteiger partial charge in [0.25, 0.3) is 0 Å². The van der Waals surface area contributed by atoms with Crippen molar-refractivity contribution in [1.29, 1.82) is 0 Å². The van der Waals surface area contributed by atoms with Gasteiger partial charge in [0, 0.05) is 27.9 Å². The van der Waals surface area contributed by atoms with E-state index in [1.807, 2.05) is 18.2 Å². The van der Waals surface area contributed by atoms with Crippen molar-refractivity contribution in [3.63, 3.8) is 0 Å². The van der Waals surface area contributed by atoms with E-state index in [1.165, 1.54) is 19.3 Å². The molecule has 2 aromatic rings. The first-order chi connectivity index (χ1) is 15.4. The lowest BCUT2D eigenvalue weighted by Crippen LogP contribution is -2.36. The van der Waals surface area contributed by atoms with Crippen molar-refractivity contribution in [3.8, 4) is 5.75 Å². The lowest BCUT2D eigenvalue weighted by molar-refractivity contribution is -0.162. The number of esters is 1. The van der Waals surface area contributed by atoms with Gasteiger partial charge in [0.15, 0.2) is 0 Å². The zero-order valence-electron chi connectivity index (χ0n) is 17.7. The van der Waals surface area contributed by atoms with Gasteiger partial charge in [-0.2, -0.15) is 0 Å². The molecule has 0 spiro atoms. The normalized spacial score (nSPS) is 22.9. The standard InChI is InChI=1S/C25H27Cl3O4/c26-17-8-6-16(7-9-17)24(15-4-2-1-3-5-15)21-10-18(27)11-22(28)25(21)31-14-20-12-19(29)13-23(30)32-20/h6-11,15,19-20,24,29H,1-5,12-14H2/t19?,20?,24-/m0/s1. The van der Waals surface area contributed by atoms with E-state index in [1.54, 1.807) is 6.07 Å². The molecule has 3 atom stereocenters. The third-order valence-corrected chi connectivity index (χ3v) is 7.12. The molecule has 7 heteroatoms. The minimum Gasteiger partial charge on any atom is -0.488 e. The van der Waals surface area contributed by atoms with Crippen molar-refractivity contribution in [2.75, 3.05) is 6.61 Å². The Labute approximate surface area is 203 Å². The quantitative estimate of drug-likeness (QED) is 0.446. The van der Waals surface area contributed by atoms with Crippen LogP contribution in [0.5, 0.6) is 5.75 Å². The summed E-state index contributed by atoms with van der Waals surface area (Å²) in [5.74, 6) is 0.619. The highest BCUT2D eigenvalue weighted by atomic mass is 35.5. The molecular formula is C25H27Cl3O4. The number of aliphatic hydroxyl groups is 1. The molecule has 0 bridgehead atoms. The van der Waals surface area contributed by atoms with Gasteiger partial charge in [0.1, 0.15) is 18.5 Å². The highest BCUT2D eigenvalue weighted by Crippen LogP contribution is 2.47. The zero-order chi connectivity index (χ0) is 22.7. The minimum absolute atomic E-state index is 0.0176. The van der Waals surface area contributed by atoms with Crippen molar-refractivity contribution >= 4 is 40.8 Å². The number of halogens is 3. The van der Waals surface area contributed by atoms with Gasteiger partial charge in [-0.15, -0.1) is 0 Å². The number of ether oxygens (including phenoxy) is 2. The minimum atomic E-state index is -0.714. The highest BCUT2D eigenvalue weighted by molar-refractivity contribution is 6.35. The summed E-state index contributed by atoms with van der Waals surface area (Å²) in [4.78, 5) is 11.7. The molecule has 1 aliphatic heterocycles. The summed E-state index contributed by atoms with van der Waals surface area (Å²) in [7, 11) is 0. The number of carbonyl (C=O) groups excluding carboxylic acids is 1. The lowest BCUT2D eigenvalue weighted by Gasteiger charge is -2.33. The summed E-state index contributed by atoms with van der Waals surface area (Å²) in [5.41, 5.74) is 2.07. The molecule has 0 radical (unpaired) electrons. The predicted molar refractivity (Wildman–Crippen MR) is 127 cm³/mol. The van der Waals surface area contributed by atoms with Gasteiger partial charge in [-0.05, 0) is 48.6 Å². The van der Waals surface area contributed by atoms with Gasteiger partial charge in [-0.3, -0.25) is 4.79 Å².